The Morgan fingerprint density at radius 2 is 2.11 bits per heavy atom. The van der Waals surface area contributed by atoms with Crippen molar-refractivity contribution >= 4 is 11.6 Å². The lowest BCUT2D eigenvalue weighted by atomic mass is 10.0. The van der Waals surface area contributed by atoms with Gasteiger partial charge in [0.1, 0.15) is 0 Å². The average molecular weight is 273 g/mol. The summed E-state index contributed by atoms with van der Waals surface area (Å²) in [6.45, 7) is 2.98. The number of hydrogen-bond acceptors (Lipinski definition) is 2. The fourth-order valence-electron chi connectivity index (χ4n) is 2.18. The minimum atomic E-state index is 0.721. The van der Waals surface area contributed by atoms with Gasteiger partial charge >= 0.3 is 0 Å². The number of halogens is 1. The number of nitrogens with zero attached hydrogens (tertiary/aromatic N) is 1. The average Bonchev–Trinajstić information content (AvgIpc) is 3.22. The Morgan fingerprint density at radius 3 is 2.79 bits per heavy atom. The van der Waals surface area contributed by atoms with E-state index in [4.69, 9.17) is 11.6 Å². The number of benzene rings is 1. The first-order chi connectivity index (χ1) is 9.24. The van der Waals surface area contributed by atoms with E-state index < -0.39 is 0 Å². The first-order valence-corrected chi connectivity index (χ1v) is 7.04. The Bertz CT molecular complexity index is 591. The number of aromatic nitrogens is 1. The van der Waals surface area contributed by atoms with Gasteiger partial charge in [0.05, 0.1) is 0 Å². The van der Waals surface area contributed by atoms with E-state index in [1.165, 1.54) is 24.0 Å². The molecule has 0 spiro atoms. The van der Waals surface area contributed by atoms with Crippen LogP contribution in [-0.2, 0) is 6.54 Å². The molecular weight excluding hydrogens is 256 g/mol. The van der Waals surface area contributed by atoms with E-state index in [9.17, 15) is 0 Å². The summed E-state index contributed by atoms with van der Waals surface area (Å²) in [5.41, 5.74) is 4.60. The molecule has 1 aromatic heterocycles. The van der Waals surface area contributed by atoms with E-state index in [1.54, 1.807) is 6.20 Å². The summed E-state index contributed by atoms with van der Waals surface area (Å²) in [5, 5.41) is 4.30. The standard InChI is InChI=1S/C16H17ClN2/c1-11-6-7-18-10-15(11)14-5-2-12(8-16(14)17)9-19-13-3-4-13/h2,5-8,10,13,19H,3-4,9H2,1H3. The first kappa shape index (κ1) is 12.6. The Labute approximate surface area is 118 Å². The monoisotopic (exact) mass is 272 g/mol. The Morgan fingerprint density at radius 1 is 1.26 bits per heavy atom. The van der Waals surface area contributed by atoms with Crippen molar-refractivity contribution in [3.63, 3.8) is 0 Å². The summed E-state index contributed by atoms with van der Waals surface area (Å²) in [6, 6.07) is 9.02. The van der Waals surface area contributed by atoms with Crippen molar-refractivity contribution in [1.82, 2.24) is 10.3 Å². The van der Waals surface area contributed by atoms with Crippen molar-refractivity contribution in [2.24, 2.45) is 0 Å². The lowest BCUT2D eigenvalue weighted by Gasteiger charge is -2.10. The van der Waals surface area contributed by atoms with Crippen LogP contribution in [0.25, 0.3) is 11.1 Å². The zero-order valence-electron chi connectivity index (χ0n) is 11.0. The number of aryl methyl sites for hydroxylation is 1. The Balaban J connectivity index is 1.84. The summed E-state index contributed by atoms with van der Waals surface area (Å²) in [6.07, 6.45) is 6.29. The lowest BCUT2D eigenvalue weighted by Crippen LogP contribution is -2.15. The zero-order valence-corrected chi connectivity index (χ0v) is 11.7. The molecular formula is C16H17ClN2. The molecule has 1 heterocycles. The van der Waals surface area contributed by atoms with Crippen LogP contribution in [0.2, 0.25) is 5.02 Å². The fourth-order valence-corrected chi connectivity index (χ4v) is 2.49. The van der Waals surface area contributed by atoms with Gasteiger partial charge in [-0.2, -0.15) is 0 Å². The molecule has 1 aliphatic carbocycles. The molecule has 0 radical (unpaired) electrons. The van der Waals surface area contributed by atoms with Gasteiger partial charge in [0.25, 0.3) is 0 Å². The van der Waals surface area contributed by atoms with E-state index in [0.29, 0.717) is 0 Å². The van der Waals surface area contributed by atoms with Crippen molar-refractivity contribution in [3.8, 4) is 11.1 Å². The van der Waals surface area contributed by atoms with Gasteiger partial charge < -0.3 is 5.32 Å². The zero-order chi connectivity index (χ0) is 13.2. The van der Waals surface area contributed by atoms with E-state index in [2.05, 4.69) is 35.4 Å². The van der Waals surface area contributed by atoms with Gasteiger partial charge in [-0.15, -0.1) is 0 Å². The molecule has 1 aliphatic rings. The highest BCUT2D eigenvalue weighted by Crippen LogP contribution is 2.30. The highest BCUT2D eigenvalue weighted by Gasteiger charge is 2.20. The molecule has 0 atom stereocenters. The summed E-state index contributed by atoms with van der Waals surface area (Å²) in [7, 11) is 0. The molecule has 0 aliphatic heterocycles. The van der Waals surface area contributed by atoms with E-state index in [0.717, 1.165) is 28.7 Å². The van der Waals surface area contributed by atoms with Gasteiger partial charge in [0, 0.05) is 41.1 Å². The van der Waals surface area contributed by atoms with Crippen molar-refractivity contribution < 1.29 is 0 Å². The minimum absolute atomic E-state index is 0.721. The van der Waals surface area contributed by atoms with Crippen molar-refractivity contribution in [1.29, 1.82) is 0 Å². The second kappa shape index (κ2) is 5.32. The first-order valence-electron chi connectivity index (χ1n) is 6.67. The summed E-state index contributed by atoms with van der Waals surface area (Å²) in [5.74, 6) is 0. The molecule has 3 rings (SSSR count). The largest absolute Gasteiger partial charge is 0.310 e. The van der Waals surface area contributed by atoms with Crippen LogP contribution in [0.4, 0.5) is 0 Å². The highest BCUT2D eigenvalue weighted by atomic mass is 35.5. The van der Waals surface area contributed by atoms with E-state index in [1.807, 2.05) is 12.3 Å². The van der Waals surface area contributed by atoms with Crippen LogP contribution in [0.15, 0.2) is 36.7 Å². The Hall–Kier alpha value is -1.38. The molecule has 98 valence electrons. The summed E-state index contributed by atoms with van der Waals surface area (Å²) < 4.78 is 0. The molecule has 1 N–H and O–H groups in total. The lowest BCUT2D eigenvalue weighted by molar-refractivity contribution is 0.688. The second-order valence-electron chi connectivity index (χ2n) is 5.16. The second-order valence-corrected chi connectivity index (χ2v) is 5.57. The van der Waals surface area contributed by atoms with Gasteiger partial charge in [-0.25, -0.2) is 0 Å². The predicted octanol–water partition coefficient (Wildman–Crippen LogP) is 3.96. The normalized spacial score (nSPS) is 14.6. The van der Waals surface area contributed by atoms with E-state index in [-0.39, 0.29) is 0 Å². The third kappa shape index (κ3) is 2.96. The minimum Gasteiger partial charge on any atom is -0.310 e. The summed E-state index contributed by atoms with van der Waals surface area (Å²) >= 11 is 6.41. The maximum absolute atomic E-state index is 6.41. The Kier molecular flexibility index (Phi) is 3.54. The maximum Gasteiger partial charge on any atom is 0.0488 e. The van der Waals surface area contributed by atoms with Gasteiger partial charge in [-0.05, 0) is 43.0 Å². The third-order valence-electron chi connectivity index (χ3n) is 3.53. The number of nitrogens with one attached hydrogen (secondary N) is 1. The molecule has 1 fully saturated rings. The third-order valence-corrected chi connectivity index (χ3v) is 3.85. The van der Waals surface area contributed by atoms with Gasteiger partial charge in [-0.1, -0.05) is 23.7 Å². The van der Waals surface area contributed by atoms with Crippen LogP contribution in [0.3, 0.4) is 0 Å². The highest BCUT2D eigenvalue weighted by molar-refractivity contribution is 6.33. The molecule has 0 bridgehead atoms. The van der Waals surface area contributed by atoms with Crippen molar-refractivity contribution in [2.45, 2.75) is 32.4 Å². The van der Waals surface area contributed by atoms with Crippen LogP contribution in [0.1, 0.15) is 24.0 Å². The topological polar surface area (TPSA) is 24.9 Å². The van der Waals surface area contributed by atoms with E-state index >= 15 is 0 Å². The van der Waals surface area contributed by atoms with Crippen molar-refractivity contribution in [2.75, 3.05) is 0 Å². The van der Waals surface area contributed by atoms with Crippen LogP contribution in [-0.4, -0.2) is 11.0 Å². The molecule has 0 amide bonds. The molecule has 2 aromatic rings. The van der Waals surface area contributed by atoms with Gasteiger partial charge in [0.15, 0.2) is 0 Å². The molecule has 0 saturated heterocycles. The van der Waals surface area contributed by atoms with Gasteiger partial charge in [-0.3, -0.25) is 4.98 Å². The molecule has 2 nitrogen and oxygen atoms in total. The maximum atomic E-state index is 6.41. The smallest absolute Gasteiger partial charge is 0.0488 e. The van der Waals surface area contributed by atoms with Crippen molar-refractivity contribution in [3.05, 3.63) is 52.8 Å². The number of rotatable bonds is 4. The number of pyridine rings is 1. The summed E-state index contributed by atoms with van der Waals surface area (Å²) in [4.78, 5) is 4.18. The van der Waals surface area contributed by atoms with Crippen LogP contribution in [0.5, 0.6) is 0 Å². The fraction of sp³-hybridized carbons (Fsp3) is 0.312. The molecule has 0 unspecified atom stereocenters. The van der Waals surface area contributed by atoms with Gasteiger partial charge in [0.2, 0.25) is 0 Å². The van der Waals surface area contributed by atoms with Crippen LogP contribution in [0, 0.1) is 6.92 Å². The SMILES string of the molecule is Cc1ccncc1-c1ccc(CNC2CC2)cc1Cl. The molecule has 3 heteroatoms. The molecule has 19 heavy (non-hydrogen) atoms. The molecule has 1 aromatic carbocycles. The quantitative estimate of drug-likeness (QED) is 0.911. The van der Waals surface area contributed by atoms with Crippen LogP contribution < -0.4 is 5.32 Å². The number of hydrogen-bond donors (Lipinski definition) is 1. The molecule has 1 saturated carbocycles. The van der Waals surface area contributed by atoms with Crippen LogP contribution >= 0.6 is 11.6 Å². The predicted molar refractivity (Wildman–Crippen MR) is 79.3 cm³/mol.